The van der Waals surface area contributed by atoms with Crippen LogP contribution in [0.4, 0.5) is 0 Å². The molecule has 21 heavy (non-hydrogen) atoms. The van der Waals surface area contributed by atoms with Crippen molar-refractivity contribution in [3.05, 3.63) is 40.0 Å². The summed E-state index contributed by atoms with van der Waals surface area (Å²) in [4.78, 5) is 14.4. The van der Waals surface area contributed by atoms with Gasteiger partial charge in [0.05, 0.1) is 5.56 Å². The fourth-order valence-corrected chi connectivity index (χ4v) is 2.52. The number of benzene rings is 1. The van der Waals surface area contributed by atoms with E-state index in [1.165, 1.54) is 6.07 Å². The van der Waals surface area contributed by atoms with E-state index < -0.39 is 0 Å². The average Bonchev–Trinajstić information content (AvgIpc) is 2.47. The van der Waals surface area contributed by atoms with Crippen LogP contribution in [0, 0.1) is 0 Å². The zero-order chi connectivity index (χ0) is 15.4. The number of halogens is 1. The number of phenols is 1. The standard InChI is InChI=1S/C15H20BrN3O2/c1-10(2)19-7-5-12(6-8-19)17-18-15(21)13-9-11(16)3-4-14(13)20/h3-5,9-10,17,20H,6-8H2,1-2H3,(H,18,21). The van der Waals surface area contributed by atoms with Gasteiger partial charge in [0.15, 0.2) is 0 Å². The van der Waals surface area contributed by atoms with Crippen molar-refractivity contribution in [1.82, 2.24) is 15.8 Å². The maximum Gasteiger partial charge on any atom is 0.273 e. The number of carbonyl (C=O) groups excluding carboxylic acids is 1. The fourth-order valence-electron chi connectivity index (χ4n) is 2.16. The summed E-state index contributed by atoms with van der Waals surface area (Å²) in [5.74, 6) is -0.401. The highest BCUT2D eigenvalue weighted by Crippen LogP contribution is 2.21. The molecule has 0 bridgehead atoms. The van der Waals surface area contributed by atoms with Crippen molar-refractivity contribution in [2.24, 2.45) is 0 Å². The highest BCUT2D eigenvalue weighted by Gasteiger charge is 2.15. The molecule has 114 valence electrons. The average molecular weight is 354 g/mol. The SMILES string of the molecule is CC(C)N1CC=C(NNC(=O)c2cc(Br)ccc2O)CC1. The number of aromatic hydroxyl groups is 1. The lowest BCUT2D eigenvalue weighted by Crippen LogP contribution is -2.41. The lowest BCUT2D eigenvalue weighted by Gasteiger charge is -2.29. The Labute approximate surface area is 133 Å². The third-order valence-electron chi connectivity index (χ3n) is 3.51. The third-order valence-corrected chi connectivity index (χ3v) is 4.00. The first-order valence-corrected chi connectivity index (χ1v) is 7.74. The van der Waals surface area contributed by atoms with Gasteiger partial charge in [-0.25, -0.2) is 0 Å². The van der Waals surface area contributed by atoms with Crippen LogP contribution >= 0.6 is 15.9 Å². The van der Waals surface area contributed by atoms with Crippen LogP contribution in [0.3, 0.4) is 0 Å². The number of hydrazine groups is 1. The summed E-state index contributed by atoms with van der Waals surface area (Å²) in [6.07, 6.45) is 2.94. The Kier molecular flexibility index (Phi) is 5.25. The predicted octanol–water partition coefficient (Wildman–Crippen LogP) is 2.39. The molecule has 0 unspecified atom stereocenters. The molecule has 2 rings (SSSR count). The molecule has 6 heteroatoms. The van der Waals surface area contributed by atoms with E-state index in [0.717, 1.165) is 29.7 Å². The largest absolute Gasteiger partial charge is 0.507 e. The van der Waals surface area contributed by atoms with E-state index in [2.05, 4.69) is 51.6 Å². The highest BCUT2D eigenvalue weighted by molar-refractivity contribution is 9.10. The Bertz CT molecular complexity index is 558. The topological polar surface area (TPSA) is 64.6 Å². The zero-order valence-electron chi connectivity index (χ0n) is 12.2. The molecule has 0 aromatic heterocycles. The van der Waals surface area contributed by atoms with Gasteiger partial charge >= 0.3 is 0 Å². The second-order valence-corrected chi connectivity index (χ2v) is 6.22. The van der Waals surface area contributed by atoms with Crippen LogP contribution in [0.5, 0.6) is 5.75 Å². The fraction of sp³-hybridized carbons (Fsp3) is 0.400. The second kappa shape index (κ2) is 6.95. The number of amides is 1. The first-order valence-electron chi connectivity index (χ1n) is 6.95. The lowest BCUT2D eigenvalue weighted by atomic mass is 10.1. The minimum atomic E-state index is -0.360. The van der Waals surface area contributed by atoms with E-state index in [4.69, 9.17) is 0 Å². The van der Waals surface area contributed by atoms with E-state index in [9.17, 15) is 9.90 Å². The van der Waals surface area contributed by atoms with Gasteiger partial charge in [0.2, 0.25) is 0 Å². The van der Waals surface area contributed by atoms with Gasteiger partial charge in [0.1, 0.15) is 5.75 Å². The normalized spacial score (nSPS) is 15.7. The predicted molar refractivity (Wildman–Crippen MR) is 85.8 cm³/mol. The van der Waals surface area contributed by atoms with Crippen LogP contribution in [0.2, 0.25) is 0 Å². The lowest BCUT2D eigenvalue weighted by molar-refractivity contribution is 0.0934. The summed E-state index contributed by atoms with van der Waals surface area (Å²) in [6.45, 7) is 6.18. The van der Waals surface area contributed by atoms with Gasteiger partial charge in [0, 0.05) is 35.7 Å². The number of nitrogens with zero attached hydrogens (tertiary/aromatic N) is 1. The molecule has 1 aliphatic heterocycles. The van der Waals surface area contributed by atoms with Crippen molar-refractivity contribution in [3.8, 4) is 5.75 Å². The molecule has 5 nitrogen and oxygen atoms in total. The summed E-state index contributed by atoms with van der Waals surface area (Å²) < 4.78 is 0.745. The Balaban J connectivity index is 1.92. The Hall–Kier alpha value is -1.53. The van der Waals surface area contributed by atoms with Gasteiger partial charge in [-0.15, -0.1) is 0 Å². The number of phenolic OH excluding ortho intramolecular Hbond substituents is 1. The van der Waals surface area contributed by atoms with Gasteiger partial charge < -0.3 is 10.5 Å². The van der Waals surface area contributed by atoms with E-state index in [0.29, 0.717) is 6.04 Å². The van der Waals surface area contributed by atoms with E-state index in [1.807, 2.05) is 0 Å². The van der Waals surface area contributed by atoms with Gasteiger partial charge in [-0.05, 0) is 38.1 Å². The van der Waals surface area contributed by atoms with Crippen LogP contribution in [-0.4, -0.2) is 35.0 Å². The monoisotopic (exact) mass is 353 g/mol. The Morgan fingerprint density at radius 2 is 2.19 bits per heavy atom. The number of hydrogen-bond donors (Lipinski definition) is 3. The number of rotatable bonds is 4. The van der Waals surface area contributed by atoms with Crippen molar-refractivity contribution >= 4 is 21.8 Å². The molecule has 0 saturated carbocycles. The molecule has 0 spiro atoms. The number of nitrogens with one attached hydrogen (secondary N) is 2. The maximum absolute atomic E-state index is 12.0. The molecule has 0 radical (unpaired) electrons. The molecule has 0 fully saturated rings. The quantitative estimate of drug-likeness (QED) is 0.727. The smallest absolute Gasteiger partial charge is 0.273 e. The first kappa shape index (κ1) is 15.9. The molecular formula is C15H20BrN3O2. The Morgan fingerprint density at radius 1 is 1.43 bits per heavy atom. The molecule has 0 aliphatic carbocycles. The Morgan fingerprint density at radius 3 is 2.81 bits per heavy atom. The number of hydrogen-bond acceptors (Lipinski definition) is 4. The van der Waals surface area contributed by atoms with E-state index >= 15 is 0 Å². The van der Waals surface area contributed by atoms with Gasteiger partial charge in [-0.1, -0.05) is 15.9 Å². The minimum absolute atomic E-state index is 0.0406. The first-order chi connectivity index (χ1) is 9.97. The van der Waals surface area contributed by atoms with Crippen LogP contribution in [-0.2, 0) is 0 Å². The molecule has 1 amide bonds. The third kappa shape index (κ3) is 4.22. The molecule has 3 N–H and O–H groups in total. The summed E-state index contributed by atoms with van der Waals surface area (Å²) in [6, 6.07) is 5.28. The molecule has 0 saturated heterocycles. The molecule has 1 aromatic carbocycles. The van der Waals surface area contributed by atoms with Crippen molar-refractivity contribution in [2.45, 2.75) is 26.3 Å². The number of carbonyl (C=O) groups is 1. The maximum atomic E-state index is 12.0. The van der Waals surface area contributed by atoms with E-state index in [1.54, 1.807) is 12.1 Å². The van der Waals surface area contributed by atoms with E-state index in [-0.39, 0.29) is 17.2 Å². The summed E-state index contributed by atoms with van der Waals surface area (Å²) in [7, 11) is 0. The van der Waals surface area contributed by atoms with Crippen LogP contribution in [0.1, 0.15) is 30.6 Å². The second-order valence-electron chi connectivity index (χ2n) is 5.31. The van der Waals surface area contributed by atoms with Crippen molar-refractivity contribution in [1.29, 1.82) is 0 Å². The molecule has 0 atom stereocenters. The minimum Gasteiger partial charge on any atom is -0.507 e. The van der Waals surface area contributed by atoms with Crippen molar-refractivity contribution in [2.75, 3.05) is 13.1 Å². The van der Waals surface area contributed by atoms with Crippen LogP contribution in [0.25, 0.3) is 0 Å². The van der Waals surface area contributed by atoms with Gasteiger partial charge in [0.25, 0.3) is 5.91 Å². The van der Waals surface area contributed by atoms with Crippen LogP contribution in [0.15, 0.2) is 34.4 Å². The van der Waals surface area contributed by atoms with Crippen molar-refractivity contribution < 1.29 is 9.90 Å². The highest BCUT2D eigenvalue weighted by atomic mass is 79.9. The van der Waals surface area contributed by atoms with Crippen molar-refractivity contribution in [3.63, 3.8) is 0 Å². The van der Waals surface area contributed by atoms with Crippen LogP contribution < -0.4 is 10.9 Å². The summed E-state index contributed by atoms with van der Waals surface area (Å²) in [5.41, 5.74) is 6.79. The molecular weight excluding hydrogens is 334 g/mol. The zero-order valence-corrected chi connectivity index (χ0v) is 13.8. The van der Waals surface area contributed by atoms with Gasteiger partial charge in [-0.2, -0.15) is 0 Å². The summed E-state index contributed by atoms with van der Waals surface area (Å²) >= 11 is 3.28. The summed E-state index contributed by atoms with van der Waals surface area (Å²) in [5, 5.41) is 9.71. The molecule has 1 aliphatic rings. The molecule has 1 heterocycles. The van der Waals surface area contributed by atoms with Gasteiger partial charge in [-0.3, -0.25) is 15.1 Å². The molecule has 1 aromatic rings.